The Morgan fingerprint density at radius 1 is 1.80 bits per heavy atom. The van der Waals surface area contributed by atoms with Crippen molar-refractivity contribution in [3.63, 3.8) is 0 Å². The molecule has 0 spiro atoms. The first kappa shape index (κ1) is 9.36. The van der Waals surface area contributed by atoms with E-state index in [9.17, 15) is 9.18 Å². The lowest BCUT2D eigenvalue weighted by molar-refractivity contribution is -0.147. The minimum Gasteiger partial charge on any atom is -0.468 e. The first-order valence-electron chi connectivity index (χ1n) is 3.04. The number of hydrogen-bond acceptors (Lipinski definition) is 3. The van der Waals surface area contributed by atoms with Crippen molar-refractivity contribution in [2.75, 3.05) is 13.8 Å². The zero-order valence-corrected chi connectivity index (χ0v) is 6.19. The van der Waals surface area contributed by atoms with Crippen LogP contribution in [0.3, 0.4) is 0 Å². The Morgan fingerprint density at radius 3 is 2.40 bits per heavy atom. The number of nitrogens with two attached hydrogens (primary N) is 1. The third kappa shape index (κ3) is 1.67. The van der Waals surface area contributed by atoms with Crippen LogP contribution in [0.5, 0.6) is 0 Å². The molecule has 1 unspecified atom stereocenters. The van der Waals surface area contributed by atoms with Gasteiger partial charge < -0.3 is 10.5 Å². The van der Waals surface area contributed by atoms with Crippen LogP contribution in [0, 0.1) is 0 Å². The molecule has 0 aliphatic rings. The van der Waals surface area contributed by atoms with Crippen LogP contribution in [0.25, 0.3) is 0 Å². The van der Waals surface area contributed by atoms with Gasteiger partial charge in [-0.15, -0.1) is 0 Å². The molecular formula is C6H12FNO2. The monoisotopic (exact) mass is 149 g/mol. The summed E-state index contributed by atoms with van der Waals surface area (Å²) in [6.07, 6.45) is 0.246. The number of rotatable bonds is 3. The van der Waals surface area contributed by atoms with Crippen molar-refractivity contribution in [3.8, 4) is 0 Å². The number of hydrogen-bond donors (Lipinski definition) is 1. The number of ether oxygens (including phenoxy) is 1. The predicted molar refractivity (Wildman–Crippen MR) is 35.2 cm³/mol. The predicted octanol–water partition coefficient (Wildman–Crippen LogP) is 0.236. The van der Waals surface area contributed by atoms with E-state index in [4.69, 9.17) is 5.73 Å². The average Bonchev–Trinajstić information content (AvgIpc) is 2.01. The van der Waals surface area contributed by atoms with Crippen LogP contribution >= 0.6 is 0 Å². The van der Waals surface area contributed by atoms with Crippen LogP contribution < -0.4 is 5.73 Å². The van der Waals surface area contributed by atoms with Crippen molar-refractivity contribution in [1.82, 2.24) is 0 Å². The molecule has 0 aliphatic heterocycles. The zero-order chi connectivity index (χ0) is 8.20. The highest BCUT2D eigenvalue weighted by atomic mass is 19.1. The van der Waals surface area contributed by atoms with Gasteiger partial charge >= 0.3 is 5.97 Å². The Bertz CT molecular complexity index is 123. The fraction of sp³-hybridized carbons (Fsp3) is 0.833. The molecule has 0 aromatic heterocycles. The highest BCUT2D eigenvalue weighted by Crippen LogP contribution is 2.08. The van der Waals surface area contributed by atoms with Crippen molar-refractivity contribution in [3.05, 3.63) is 0 Å². The standard InChI is InChI=1S/C6H12FNO2/c1-3-6(8,4-7)5(9)10-2/h3-4,8H2,1-2H3. The van der Waals surface area contributed by atoms with Crippen LogP contribution in [0.4, 0.5) is 4.39 Å². The maximum atomic E-state index is 12.1. The molecule has 60 valence electrons. The van der Waals surface area contributed by atoms with Crippen LogP contribution in [-0.2, 0) is 9.53 Å². The summed E-state index contributed by atoms with van der Waals surface area (Å²) in [5.41, 5.74) is 3.87. The van der Waals surface area contributed by atoms with E-state index < -0.39 is 18.2 Å². The molecule has 0 aromatic carbocycles. The van der Waals surface area contributed by atoms with Gasteiger partial charge in [0.1, 0.15) is 12.2 Å². The second-order valence-corrected chi connectivity index (χ2v) is 2.13. The molecule has 0 saturated heterocycles. The normalized spacial score (nSPS) is 16.0. The molecule has 0 heterocycles. The molecule has 1 atom stereocenters. The van der Waals surface area contributed by atoms with Gasteiger partial charge in [0.15, 0.2) is 0 Å². The average molecular weight is 149 g/mol. The van der Waals surface area contributed by atoms with E-state index in [1.165, 1.54) is 7.11 Å². The summed E-state index contributed by atoms with van der Waals surface area (Å²) in [6, 6.07) is 0. The molecule has 10 heavy (non-hydrogen) atoms. The van der Waals surface area contributed by atoms with Crippen LogP contribution in [0.1, 0.15) is 13.3 Å². The number of carbonyl (C=O) groups is 1. The highest BCUT2D eigenvalue weighted by Gasteiger charge is 2.33. The molecule has 0 aliphatic carbocycles. The Hall–Kier alpha value is -0.640. The number of alkyl halides is 1. The first-order valence-corrected chi connectivity index (χ1v) is 3.04. The first-order chi connectivity index (χ1) is 4.60. The maximum absolute atomic E-state index is 12.1. The highest BCUT2D eigenvalue weighted by molar-refractivity contribution is 5.80. The SMILES string of the molecule is CCC(N)(CF)C(=O)OC. The molecule has 2 N–H and O–H groups in total. The summed E-state index contributed by atoms with van der Waals surface area (Å²) in [6.45, 7) is 0.757. The minimum absolute atomic E-state index is 0.246. The van der Waals surface area contributed by atoms with Gasteiger partial charge in [-0.3, -0.25) is 0 Å². The van der Waals surface area contributed by atoms with E-state index in [0.29, 0.717) is 0 Å². The minimum atomic E-state index is -1.44. The molecule has 0 fully saturated rings. The van der Waals surface area contributed by atoms with Crippen molar-refractivity contribution >= 4 is 5.97 Å². The molecule has 4 heteroatoms. The van der Waals surface area contributed by atoms with Gasteiger partial charge in [0.25, 0.3) is 0 Å². The smallest absolute Gasteiger partial charge is 0.328 e. The van der Waals surface area contributed by atoms with E-state index >= 15 is 0 Å². The molecule has 0 saturated carbocycles. The zero-order valence-electron chi connectivity index (χ0n) is 6.19. The lowest BCUT2D eigenvalue weighted by Gasteiger charge is -2.20. The Kier molecular flexibility index (Phi) is 3.28. The molecule has 0 rings (SSSR count). The van der Waals surface area contributed by atoms with Crippen molar-refractivity contribution in [2.24, 2.45) is 5.73 Å². The van der Waals surface area contributed by atoms with Gasteiger partial charge in [0.2, 0.25) is 0 Å². The van der Waals surface area contributed by atoms with Crippen molar-refractivity contribution in [2.45, 2.75) is 18.9 Å². The number of methoxy groups -OCH3 is 1. The second kappa shape index (κ2) is 3.51. The van der Waals surface area contributed by atoms with Gasteiger partial charge in [-0.2, -0.15) is 0 Å². The van der Waals surface area contributed by atoms with E-state index in [0.717, 1.165) is 0 Å². The molecule has 0 aromatic rings. The van der Waals surface area contributed by atoms with Crippen LogP contribution in [-0.4, -0.2) is 25.3 Å². The lowest BCUT2D eigenvalue weighted by atomic mass is 10.0. The Balaban J connectivity index is 4.17. The molecular weight excluding hydrogens is 137 g/mol. The summed E-state index contributed by atoms with van der Waals surface area (Å²) >= 11 is 0. The summed E-state index contributed by atoms with van der Waals surface area (Å²) in [4.78, 5) is 10.7. The van der Waals surface area contributed by atoms with Gasteiger partial charge in [-0.25, -0.2) is 9.18 Å². The van der Waals surface area contributed by atoms with E-state index in [1.807, 2.05) is 0 Å². The van der Waals surface area contributed by atoms with Crippen molar-refractivity contribution < 1.29 is 13.9 Å². The summed E-state index contributed by atoms with van der Waals surface area (Å²) < 4.78 is 16.3. The Morgan fingerprint density at radius 2 is 2.30 bits per heavy atom. The topological polar surface area (TPSA) is 52.3 Å². The van der Waals surface area contributed by atoms with E-state index in [-0.39, 0.29) is 6.42 Å². The summed E-state index contributed by atoms with van der Waals surface area (Å²) in [7, 11) is 1.19. The largest absolute Gasteiger partial charge is 0.468 e. The summed E-state index contributed by atoms with van der Waals surface area (Å²) in [5.74, 6) is -0.697. The lowest BCUT2D eigenvalue weighted by Crippen LogP contribution is -2.50. The molecule has 3 nitrogen and oxygen atoms in total. The number of carbonyl (C=O) groups excluding carboxylic acids is 1. The molecule has 0 bridgehead atoms. The maximum Gasteiger partial charge on any atom is 0.328 e. The quantitative estimate of drug-likeness (QED) is 0.584. The third-order valence-corrected chi connectivity index (χ3v) is 1.46. The van der Waals surface area contributed by atoms with Crippen molar-refractivity contribution in [1.29, 1.82) is 0 Å². The Labute approximate surface area is 59.3 Å². The van der Waals surface area contributed by atoms with E-state index in [1.54, 1.807) is 6.92 Å². The molecule has 0 amide bonds. The fourth-order valence-electron chi connectivity index (χ4n) is 0.497. The van der Waals surface area contributed by atoms with Gasteiger partial charge in [-0.1, -0.05) is 6.92 Å². The van der Waals surface area contributed by atoms with Crippen LogP contribution in [0.2, 0.25) is 0 Å². The number of esters is 1. The van der Waals surface area contributed by atoms with Gasteiger partial charge in [-0.05, 0) is 6.42 Å². The number of halogens is 1. The second-order valence-electron chi connectivity index (χ2n) is 2.13. The summed E-state index contributed by atoms with van der Waals surface area (Å²) in [5, 5.41) is 0. The van der Waals surface area contributed by atoms with Crippen LogP contribution in [0.15, 0.2) is 0 Å². The van der Waals surface area contributed by atoms with E-state index in [2.05, 4.69) is 4.74 Å². The fourth-order valence-corrected chi connectivity index (χ4v) is 0.497. The van der Waals surface area contributed by atoms with Gasteiger partial charge in [0, 0.05) is 0 Å². The van der Waals surface area contributed by atoms with Gasteiger partial charge in [0.05, 0.1) is 7.11 Å². The third-order valence-electron chi connectivity index (χ3n) is 1.46. The molecule has 0 radical (unpaired) electrons.